The van der Waals surface area contributed by atoms with Gasteiger partial charge in [-0.15, -0.1) is 0 Å². The Morgan fingerprint density at radius 1 is 1.25 bits per heavy atom. The first kappa shape index (κ1) is 7.48. The van der Waals surface area contributed by atoms with Crippen molar-refractivity contribution in [3.05, 3.63) is 12.2 Å². The van der Waals surface area contributed by atoms with Crippen LogP contribution in [-0.2, 0) is 14.3 Å². The van der Waals surface area contributed by atoms with Crippen molar-refractivity contribution >= 4 is 11.9 Å². The summed E-state index contributed by atoms with van der Waals surface area (Å²) in [6.45, 7) is 0. The zero-order valence-corrected chi connectivity index (χ0v) is 4.38. The minimum atomic E-state index is -0.579. The third-order valence-corrected chi connectivity index (χ3v) is 0.557. The molecule has 1 aliphatic heterocycles. The van der Waals surface area contributed by atoms with E-state index in [0.29, 0.717) is 0 Å². The molecule has 3 nitrogen and oxygen atoms in total. The monoisotopic (exact) mass is 106 g/mol. The second kappa shape index (κ2) is 2.70. The van der Waals surface area contributed by atoms with Crippen molar-refractivity contribution in [1.29, 1.82) is 0 Å². The molecule has 1 rings (SSSR count). The summed E-state index contributed by atoms with van der Waals surface area (Å²) in [5.41, 5.74) is 0. The molecule has 0 aromatic heterocycles. The molecule has 1 heterocycles. The van der Waals surface area contributed by atoms with Gasteiger partial charge in [0, 0.05) is 12.2 Å². The van der Waals surface area contributed by atoms with E-state index >= 15 is 0 Å². The van der Waals surface area contributed by atoms with Gasteiger partial charge < -0.3 is 6.16 Å². The maximum atomic E-state index is 9.92. The van der Waals surface area contributed by atoms with Crippen LogP contribution < -0.4 is 18.9 Å². The third kappa shape index (κ3) is 1.53. The Balaban J connectivity index is 0. The van der Waals surface area contributed by atoms with Crippen LogP contribution in [0.2, 0.25) is 0 Å². The van der Waals surface area contributed by atoms with Crippen LogP contribution >= 0.6 is 0 Å². The molecule has 0 aromatic carbocycles. The van der Waals surface area contributed by atoms with Crippen molar-refractivity contribution in [3.63, 3.8) is 0 Å². The normalized spacial score (nSPS) is 15.5. The summed E-state index contributed by atoms with van der Waals surface area (Å²) in [5.74, 6) is -1.16. The number of carbonyl (C=O) groups excluding carboxylic acids is 2. The van der Waals surface area contributed by atoms with Gasteiger partial charge in [-0.2, -0.15) is 0 Å². The van der Waals surface area contributed by atoms with Crippen LogP contribution in [0.4, 0.5) is 0 Å². The van der Waals surface area contributed by atoms with Gasteiger partial charge in [0.05, 0.1) is 0 Å². The summed E-state index contributed by atoms with van der Waals surface area (Å²) in [6, 6.07) is 0. The number of carbonyl (C=O) groups is 2. The molecule has 1 aliphatic rings. The Morgan fingerprint density at radius 3 is 1.75 bits per heavy atom. The van der Waals surface area contributed by atoms with Gasteiger partial charge in [-0.3, -0.25) is 0 Å². The quantitative estimate of drug-likeness (QED) is 0.185. The van der Waals surface area contributed by atoms with Crippen LogP contribution in [0.3, 0.4) is 0 Å². The average molecular weight is 106 g/mol. The van der Waals surface area contributed by atoms with Crippen molar-refractivity contribution in [2.24, 2.45) is 0 Å². The fourth-order valence-corrected chi connectivity index (χ4v) is 0.303. The van der Waals surface area contributed by atoms with E-state index in [-0.39, 0.29) is 20.3 Å². The molecule has 0 atom stereocenters. The Labute approximate surface area is 59.4 Å². The second-order valence-electron chi connectivity index (χ2n) is 1.07. The Hall–Kier alpha value is -0.523. The molecule has 0 spiro atoms. The summed E-state index contributed by atoms with van der Waals surface area (Å²) in [6.07, 6.45) is 2.17. The van der Waals surface area contributed by atoms with E-state index in [1.165, 1.54) is 0 Å². The zero-order chi connectivity index (χ0) is 5.28. The molecule has 0 unspecified atom stereocenters. The van der Waals surface area contributed by atoms with Gasteiger partial charge in [0.15, 0.2) is 0 Å². The molecule has 0 aliphatic carbocycles. The first-order valence-corrected chi connectivity index (χ1v) is 1.73. The minimum Gasteiger partial charge on any atom is -1.00 e. The van der Waals surface area contributed by atoms with Gasteiger partial charge >= 0.3 is 30.8 Å². The Bertz CT molecular complexity index is 138. The largest absolute Gasteiger partial charge is 1.00 e. The summed E-state index contributed by atoms with van der Waals surface area (Å²) in [7, 11) is 0. The van der Waals surface area contributed by atoms with Crippen LogP contribution in [0, 0.1) is 0 Å². The fourth-order valence-electron chi connectivity index (χ4n) is 0.303. The first-order chi connectivity index (χ1) is 3.29. The third-order valence-electron chi connectivity index (χ3n) is 0.557. The fraction of sp³-hybridized carbons (Fsp3) is 0. The van der Waals surface area contributed by atoms with Crippen molar-refractivity contribution < 1.29 is 34.6 Å². The van der Waals surface area contributed by atoms with Crippen molar-refractivity contribution in [2.45, 2.75) is 0 Å². The van der Waals surface area contributed by atoms with E-state index in [9.17, 15) is 9.59 Å². The molecular weight excluding hydrogens is 103 g/mol. The van der Waals surface area contributed by atoms with Gasteiger partial charge in [-0.25, -0.2) is 9.59 Å². The van der Waals surface area contributed by atoms with Crippen LogP contribution in [0.1, 0.15) is 1.43 Å². The maximum absolute atomic E-state index is 9.92. The number of esters is 2. The van der Waals surface area contributed by atoms with Crippen molar-refractivity contribution in [2.75, 3.05) is 0 Å². The van der Waals surface area contributed by atoms with Gasteiger partial charge in [0.1, 0.15) is 0 Å². The molecule has 0 fully saturated rings. The van der Waals surface area contributed by atoms with Crippen molar-refractivity contribution in [1.82, 2.24) is 0 Å². The number of hydrogen-bond donors (Lipinski definition) is 0. The Kier molecular flexibility index (Phi) is 2.53. The standard InChI is InChI=1S/C4H2O3.Li.H/c5-3-1-2-4(6)7-3;;/h1-2H;;/q;+1;-1. The summed E-state index contributed by atoms with van der Waals surface area (Å²) >= 11 is 0. The summed E-state index contributed by atoms with van der Waals surface area (Å²) < 4.78 is 3.97. The van der Waals surface area contributed by atoms with Gasteiger partial charge in [-0.1, -0.05) is 0 Å². The van der Waals surface area contributed by atoms with E-state index in [1.54, 1.807) is 0 Å². The van der Waals surface area contributed by atoms with E-state index in [1.807, 2.05) is 0 Å². The summed E-state index contributed by atoms with van der Waals surface area (Å²) in [5, 5.41) is 0. The first-order valence-electron chi connectivity index (χ1n) is 1.73. The van der Waals surface area contributed by atoms with Gasteiger partial charge in [-0.05, 0) is 0 Å². The predicted octanol–water partition coefficient (Wildman–Crippen LogP) is -3.26. The Morgan fingerprint density at radius 2 is 1.62 bits per heavy atom. The minimum absolute atomic E-state index is 0. The SMILES string of the molecule is O=C1C=CC(=O)O1.[H-].[Li+]. The molecule has 0 amide bonds. The van der Waals surface area contributed by atoms with Crippen LogP contribution in [0.25, 0.3) is 0 Å². The molecule has 38 valence electrons. The van der Waals surface area contributed by atoms with E-state index < -0.39 is 11.9 Å². The molecule has 8 heavy (non-hydrogen) atoms. The molecule has 0 bridgehead atoms. The van der Waals surface area contributed by atoms with Gasteiger partial charge in [0.2, 0.25) is 0 Å². The van der Waals surface area contributed by atoms with Gasteiger partial charge in [0.25, 0.3) is 0 Å². The average Bonchev–Trinajstić information content (AvgIpc) is 1.87. The van der Waals surface area contributed by atoms with Crippen LogP contribution in [-0.4, -0.2) is 11.9 Å². The van der Waals surface area contributed by atoms with Crippen molar-refractivity contribution in [3.8, 4) is 0 Å². The topological polar surface area (TPSA) is 43.4 Å². The number of hydrogen-bond acceptors (Lipinski definition) is 3. The number of cyclic esters (lactones) is 2. The number of rotatable bonds is 0. The molecular formula is C4H3LiO3. The van der Waals surface area contributed by atoms with Crippen LogP contribution in [0.15, 0.2) is 12.2 Å². The maximum Gasteiger partial charge on any atom is 1.00 e. The zero-order valence-electron chi connectivity index (χ0n) is 5.38. The molecule has 0 aromatic rings. The van der Waals surface area contributed by atoms with E-state index in [2.05, 4.69) is 4.74 Å². The van der Waals surface area contributed by atoms with Crippen LogP contribution in [0.5, 0.6) is 0 Å². The summed E-state index contributed by atoms with van der Waals surface area (Å²) in [4.78, 5) is 19.8. The molecule has 0 saturated carbocycles. The van der Waals surface area contributed by atoms with E-state index in [0.717, 1.165) is 12.2 Å². The smallest absolute Gasteiger partial charge is 1.00 e. The molecule has 0 N–H and O–H groups in total. The van der Waals surface area contributed by atoms with E-state index in [4.69, 9.17) is 0 Å². The number of ether oxygens (including phenoxy) is 1. The molecule has 0 saturated heterocycles. The molecule has 4 heteroatoms. The predicted molar refractivity (Wildman–Crippen MR) is 21.4 cm³/mol. The second-order valence-corrected chi connectivity index (χ2v) is 1.07. The molecule has 0 radical (unpaired) electrons.